The summed E-state index contributed by atoms with van der Waals surface area (Å²) in [5.41, 5.74) is 2.61. The SMILES string of the molecule is C=Cc1cc(CC)c2ccccc2c1. The Labute approximate surface area is 84.9 Å². The lowest BCUT2D eigenvalue weighted by Crippen LogP contribution is -1.85. The Bertz CT molecular complexity index is 466. The molecule has 0 aliphatic carbocycles. The maximum Gasteiger partial charge on any atom is -0.0152 e. The predicted molar refractivity (Wildman–Crippen MR) is 63.4 cm³/mol. The van der Waals surface area contributed by atoms with Crippen LogP contribution in [0.5, 0.6) is 0 Å². The van der Waals surface area contributed by atoms with Gasteiger partial charge in [0.25, 0.3) is 0 Å². The van der Waals surface area contributed by atoms with E-state index < -0.39 is 0 Å². The third kappa shape index (κ3) is 1.44. The van der Waals surface area contributed by atoms with Crippen molar-refractivity contribution >= 4 is 16.8 Å². The highest BCUT2D eigenvalue weighted by Gasteiger charge is 1.99. The van der Waals surface area contributed by atoms with E-state index >= 15 is 0 Å². The first-order valence-electron chi connectivity index (χ1n) is 4.99. The van der Waals surface area contributed by atoms with Crippen LogP contribution in [-0.2, 0) is 6.42 Å². The maximum absolute atomic E-state index is 3.81. The van der Waals surface area contributed by atoms with Crippen molar-refractivity contribution in [1.29, 1.82) is 0 Å². The van der Waals surface area contributed by atoms with E-state index in [2.05, 4.69) is 49.9 Å². The summed E-state index contributed by atoms with van der Waals surface area (Å²) in [6, 6.07) is 12.9. The molecule has 0 radical (unpaired) electrons. The molecule has 0 heterocycles. The van der Waals surface area contributed by atoms with Crippen molar-refractivity contribution in [3.8, 4) is 0 Å². The molecule has 0 nitrogen and oxygen atoms in total. The molecule has 0 unspecified atom stereocenters. The van der Waals surface area contributed by atoms with Gasteiger partial charge in [0.15, 0.2) is 0 Å². The Hall–Kier alpha value is -1.56. The van der Waals surface area contributed by atoms with E-state index in [0.717, 1.165) is 6.42 Å². The molecule has 0 fully saturated rings. The van der Waals surface area contributed by atoms with Crippen molar-refractivity contribution in [3.63, 3.8) is 0 Å². The lowest BCUT2D eigenvalue weighted by atomic mass is 9.99. The van der Waals surface area contributed by atoms with Crippen LogP contribution in [-0.4, -0.2) is 0 Å². The number of benzene rings is 2. The molecule has 0 N–H and O–H groups in total. The molecule has 0 saturated heterocycles. The topological polar surface area (TPSA) is 0 Å². The number of aryl methyl sites for hydroxylation is 1. The van der Waals surface area contributed by atoms with Crippen molar-refractivity contribution in [1.82, 2.24) is 0 Å². The minimum atomic E-state index is 1.07. The quantitative estimate of drug-likeness (QED) is 0.657. The molecule has 0 saturated carbocycles. The molecule has 0 aliphatic rings. The Morgan fingerprint density at radius 1 is 1.21 bits per heavy atom. The van der Waals surface area contributed by atoms with Gasteiger partial charge < -0.3 is 0 Å². The second-order valence-corrected chi connectivity index (χ2v) is 3.46. The van der Waals surface area contributed by atoms with Gasteiger partial charge in [0.2, 0.25) is 0 Å². The summed E-state index contributed by atoms with van der Waals surface area (Å²) in [6.45, 7) is 6.00. The van der Waals surface area contributed by atoms with Crippen molar-refractivity contribution in [3.05, 3.63) is 54.1 Å². The van der Waals surface area contributed by atoms with Crippen LogP contribution in [0.1, 0.15) is 18.1 Å². The van der Waals surface area contributed by atoms with Gasteiger partial charge in [-0.2, -0.15) is 0 Å². The molecule has 14 heavy (non-hydrogen) atoms. The van der Waals surface area contributed by atoms with E-state index in [4.69, 9.17) is 0 Å². The zero-order chi connectivity index (χ0) is 9.97. The highest BCUT2D eigenvalue weighted by molar-refractivity contribution is 5.87. The molecule has 0 bridgehead atoms. The van der Waals surface area contributed by atoms with Crippen LogP contribution in [0.3, 0.4) is 0 Å². The van der Waals surface area contributed by atoms with E-state index in [1.807, 2.05) is 6.08 Å². The predicted octanol–water partition coefficient (Wildman–Crippen LogP) is 4.05. The fourth-order valence-electron chi connectivity index (χ4n) is 1.83. The summed E-state index contributed by atoms with van der Waals surface area (Å²) in [4.78, 5) is 0. The zero-order valence-corrected chi connectivity index (χ0v) is 8.46. The molecule has 0 aliphatic heterocycles. The van der Waals surface area contributed by atoms with Crippen LogP contribution < -0.4 is 0 Å². The minimum absolute atomic E-state index is 1.07. The van der Waals surface area contributed by atoms with E-state index in [1.54, 1.807) is 0 Å². The van der Waals surface area contributed by atoms with E-state index in [0.29, 0.717) is 0 Å². The average Bonchev–Trinajstić information content (AvgIpc) is 2.27. The van der Waals surface area contributed by atoms with E-state index in [-0.39, 0.29) is 0 Å². The van der Waals surface area contributed by atoms with Crippen molar-refractivity contribution in [2.24, 2.45) is 0 Å². The monoisotopic (exact) mass is 182 g/mol. The minimum Gasteiger partial charge on any atom is -0.0985 e. The zero-order valence-electron chi connectivity index (χ0n) is 8.46. The first kappa shape index (κ1) is 9.01. The third-order valence-electron chi connectivity index (χ3n) is 2.59. The number of hydrogen-bond acceptors (Lipinski definition) is 0. The molecule has 0 atom stereocenters. The summed E-state index contributed by atoms with van der Waals surface area (Å²) in [5, 5.41) is 2.67. The van der Waals surface area contributed by atoms with E-state index in [1.165, 1.54) is 21.9 Å². The fraction of sp³-hybridized carbons (Fsp3) is 0.143. The smallest absolute Gasteiger partial charge is 0.0152 e. The first-order chi connectivity index (χ1) is 6.85. The highest BCUT2D eigenvalue weighted by Crippen LogP contribution is 2.22. The van der Waals surface area contributed by atoms with Crippen LogP contribution in [0.15, 0.2) is 43.0 Å². The number of hydrogen-bond donors (Lipinski definition) is 0. The van der Waals surface area contributed by atoms with Crippen LogP contribution in [0.4, 0.5) is 0 Å². The van der Waals surface area contributed by atoms with Gasteiger partial charge in [-0.3, -0.25) is 0 Å². The normalized spacial score (nSPS) is 10.4. The molecular formula is C14H14. The Kier molecular flexibility index (Phi) is 2.36. The van der Waals surface area contributed by atoms with E-state index in [9.17, 15) is 0 Å². The second kappa shape index (κ2) is 3.67. The summed E-state index contributed by atoms with van der Waals surface area (Å²) in [5.74, 6) is 0. The van der Waals surface area contributed by atoms with Crippen molar-refractivity contribution in [2.75, 3.05) is 0 Å². The highest BCUT2D eigenvalue weighted by atomic mass is 14.0. The van der Waals surface area contributed by atoms with Crippen LogP contribution in [0.25, 0.3) is 16.8 Å². The van der Waals surface area contributed by atoms with Gasteiger partial charge in [-0.05, 0) is 34.4 Å². The molecular weight excluding hydrogens is 168 g/mol. The largest absolute Gasteiger partial charge is 0.0985 e. The average molecular weight is 182 g/mol. The molecule has 0 aromatic heterocycles. The molecule has 0 heteroatoms. The summed E-state index contributed by atoms with van der Waals surface area (Å²) in [7, 11) is 0. The van der Waals surface area contributed by atoms with Gasteiger partial charge in [0.05, 0.1) is 0 Å². The Morgan fingerprint density at radius 3 is 2.71 bits per heavy atom. The molecule has 70 valence electrons. The molecule has 2 rings (SSSR count). The van der Waals surface area contributed by atoms with Gasteiger partial charge in [-0.1, -0.05) is 49.9 Å². The second-order valence-electron chi connectivity index (χ2n) is 3.46. The first-order valence-corrected chi connectivity index (χ1v) is 4.99. The molecule has 2 aromatic rings. The van der Waals surface area contributed by atoms with Crippen LogP contribution in [0, 0.1) is 0 Å². The number of rotatable bonds is 2. The standard InChI is InChI=1S/C14H14/c1-3-11-9-12(4-2)14-8-6-5-7-13(14)10-11/h3,5-10H,1,4H2,2H3. The van der Waals surface area contributed by atoms with Gasteiger partial charge >= 0.3 is 0 Å². The van der Waals surface area contributed by atoms with Crippen LogP contribution >= 0.6 is 0 Å². The molecule has 2 aromatic carbocycles. The fourth-order valence-corrected chi connectivity index (χ4v) is 1.83. The lowest BCUT2D eigenvalue weighted by Gasteiger charge is -2.05. The van der Waals surface area contributed by atoms with Crippen molar-refractivity contribution < 1.29 is 0 Å². The number of fused-ring (bicyclic) bond motifs is 1. The van der Waals surface area contributed by atoms with Gasteiger partial charge in [0.1, 0.15) is 0 Å². The third-order valence-corrected chi connectivity index (χ3v) is 2.59. The van der Waals surface area contributed by atoms with Gasteiger partial charge in [-0.25, -0.2) is 0 Å². The van der Waals surface area contributed by atoms with Gasteiger partial charge in [-0.15, -0.1) is 0 Å². The summed E-state index contributed by atoms with van der Waals surface area (Å²) < 4.78 is 0. The molecule has 0 spiro atoms. The van der Waals surface area contributed by atoms with Crippen LogP contribution in [0.2, 0.25) is 0 Å². The Morgan fingerprint density at radius 2 is 2.00 bits per heavy atom. The summed E-state index contributed by atoms with van der Waals surface area (Å²) >= 11 is 0. The van der Waals surface area contributed by atoms with Gasteiger partial charge in [0, 0.05) is 0 Å². The Balaban J connectivity index is 2.79. The molecule has 0 amide bonds. The lowest BCUT2D eigenvalue weighted by molar-refractivity contribution is 1.16. The maximum atomic E-state index is 3.81. The summed E-state index contributed by atoms with van der Waals surface area (Å²) in [6.07, 6.45) is 2.98. The van der Waals surface area contributed by atoms with Crippen molar-refractivity contribution in [2.45, 2.75) is 13.3 Å².